The van der Waals surface area contributed by atoms with Gasteiger partial charge in [0.05, 0.1) is 21.8 Å². The number of carbonyl (C=O) groups is 1. The number of benzene rings is 1. The number of rotatable bonds is 4. The Bertz CT molecular complexity index is 946. The first-order chi connectivity index (χ1) is 14.2. The van der Waals surface area contributed by atoms with Gasteiger partial charge in [-0.2, -0.15) is 18.3 Å². The highest BCUT2D eigenvalue weighted by Gasteiger charge is 2.32. The van der Waals surface area contributed by atoms with Crippen LogP contribution in [0.5, 0.6) is 0 Å². The summed E-state index contributed by atoms with van der Waals surface area (Å²) in [5.41, 5.74) is 2.93. The van der Waals surface area contributed by atoms with E-state index in [4.69, 9.17) is 16.7 Å². The molecule has 1 aromatic carbocycles. The number of carbonyl (C=O) groups excluding carboxylic acids is 1. The summed E-state index contributed by atoms with van der Waals surface area (Å²) in [6, 6.07) is 2.78. The molecule has 1 heterocycles. The van der Waals surface area contributed by atoms with Crippen LogP contribution in [0.15, 0.2) is 18.2 Å². The fourth-order valence-electron chi connectivity index (χ4n) is 4.65. The number of aryl methyl sites for hydroxylation is 1. The molecule has 0 unspecified atom stereocenters. The number of fused-ring (bicyclic) bond motifs is 1. The molecule has 1 aromatic heterocycles. The molecular formula is C22H25ClF3N3O. The van der Waals surface area contributed by atoms with Crippen LogP contribution in [0.1, 0.15) is 65.0 Å². The first-order valence-electron chi connectivity index (χ1n) is 10.4. The molecule has 0 bridgehead atoms. The molecule has 1 fully saturated rings. The summed E-state index contributed by atoms with van der Waals surface area (Å²) in [5.74, 6) is -0.0529. The fraction of sp³-hybridized carbons (Fsp3) is 0.545. The Morgan fingerprint density at radius 2 is 1.97 bits per heavy atom. The highest BCUT2D eigenvalue weighted by atomic mass is 35.5. The summed E-state index contributed by atoms with van der Waals surface area (Å²) < 4.78 is 41.0. The summed E-state index contributed by atoms with van der Waals surface area (Å²) in [5, 5.41) is 7.66. The molecule has 4 rings (SSSR count). The average molecular weight is 440 g/mol. The minimum atomic E-state index is -4.51. The van der Waals surface area contributed by atoms with E-state index in [9.17, 15) is 18.0 Å². The molecule has 1 amide bonds. The zero-order valence-electron chi connectivity index (χ0n) is 16.9. The number of hydrogen-bond donors (Lipinski definition) is 1. The van der Waals surface area contributed by atoms with Crippen molar-refractivity contribution in [3.05, 3.63) is 51.3 Å². The zero-order chi connectivity index (χ0) is 21.5. The number of alkyl halides is 3. The third-order valence-electron chi connectivity index (χ3n) is 6.41. The maximum absolute atomic E-state index is 12.9. The van der Waals surface area contributed by atoms with Gasteiger partial charge in [0.25, 0.3) is 5.91 Å². The van der Waals surface area contributed by atoms with Crippen LogP contribution in [0, 0.1) is 12.8 Å². The summed E-state index contributed by atoms with van der Waals surface area (Å²) in [6.07, 6.45) is 2.37. The molecule has 2 aromatic rings. The largest absolute Gasteiger partial charge is 0.416 e. The molecule has 1 saturated carbocycles. The van der Waals surface area contributed by atoms with Crippen molar-refractivity contribution in [2.75, 3.05) is 0 Å². The molecule has 0 saturated heterocycles. The Labute approximate surface area is 178 Å². The molecule has 0 radical (unpaired) electrons. The van der Waals surface area contributed by atoms with Gasteiger partial charge in [-0.3, -0.25) is 9.48 Å². The van der Waals surface area contributed by atoms with Crippen molar-refractivity contribution >= 4 is 17.5 Å². The van der Waals surface area contributed by atoms with Crippen molar-refractivity contribution < 1.29 is 18.0 Å². The first kappa shape index (κ1) is 21.2. The van der Waals surface area contributed by atoms with Gasteiger partial charge in [-0.1, -0.05) is 11.6 Å². The monoisotopic (exact) mass is 439 g/mol. The maximum Gasteiger partial charge on any atom is 0.416 e. The molecule has 162 valence electrons. The summed E-state index contributed by atoms with van der Waals surface area (Å²) >= 11 is 5.98. The minimum absolute atomic E-state index is 0.0244. The predicted octanol–water partition coefficient (Wildman–Crippen LogP) is 5.34. The van der Waals surface area contributed by atoms with Crippen molar-refractivity contribution in [3.63, 3.8) is 0 Å². The van der Waals surface area contributed by atoms with Crippen molar-refractivity contribution in [1.82, 2.24) is 15.1 Å². The maximum atomic E-state index is 12.9. The second-order valence-corrected chi connectivity index (χ2v) is 8.84. The lowest BCUT2D eigenvalue weighted by atomic mass is 9.86. The summed E-state index contributed by atoms with van der Waals surface area (Å²) in [7, 11) is 0. The molecule has 4 nitrogen and oxygen atoms in total. The molecule has 0 spiro atoms. The van der Waals surface area contributed by atoms with Crippen LogP contribution in [-0.2, 0) is 25.6 Å². The van der Waals surface area contributed by atoms with Crippen LogP contribution in [0.3, 0.4) is 0 Å². The summed E-state index contributed by atoms with van der Waals surface area (Å²) in [6.45, 7) is 3.03. The van der Waals surface area contributed by atoms with Crippen LogP contribution in [0.4, 0.5) is 13.2 Å². The van der Waals surface area contributed by atoms with Gasteiger partial charge >= 0.3 is 6.18 Å². The number of nitrogens with one attached hydrogen (secondary N) is 1. The molecule has 0 aliphatic heterocycles. The Kier molecular flexibility index (Phi) is 5.84. The van der Waals surface area contributed by atoms with E-state index in [0.717, 1.165) is 63.3 Å². The molecular weight excluding hydrogens is 415 g/mol. The molecule has 0 atom stereocenters. The molecule has 8 heteroatoms. The SMILES string of the molecule is Cc1c2c(nn1CC1CCC(NC(=O)c3cc(C(F)(F)F)ccc3Cl)CC1)CCC2. The van der Waals surface area contributed by atoms with Gasteiger partial charge in [0.2, 0.25) is 0 Å². The van der Waals surface area contributed by atoms with Gasteiger partial charge in [0.15, 0.2) is 0 Å². The number of nitrogens with zero attached hydrogens (tertiary/aromatic N) is 2. The Morgan fingerprint density at radius 1 is 1.23 bits per heavy atom. The lowest BCUT2D eigenvalue weighted by molar-refractivity contribution is -0.137. The van der Waals surface area contributed by atoms with E-state index >= 15 is 0 Å². The van der Waals surface area contributed by atoms with E-state index in [0.29, 0.717) is 5.92 Å². The van der Waals surface area contributed by atoms with E-state index < -0.39 is 17.6 Å². The van der Waals surface area contributed by atoms with Crippen molar-refractivity contribution in [2.45, 2.75) is 70.6 Å². The predicted molar refractivity (Wildman–Crippen MR) is 109 cm³/mol. The van der Waals surface area contributed by atoms with Crippen molar-refractivity contribution in [3.8, 4) is 0 Å². The Hall–Kier alpha value is -2.02. The smallest absolute Gasteiger partial charge is 0.349 e. The highest BCUT2D eigenvalue weighted by Crippen LogP contribution is 2.33. The van der Waals surface area contributed by atoms with Crippen LogP contribution in [0.25, 0.3) is 0 Å². The number of halogens is 4. The lowest BCUT2D eigenvalue weighted by Crippen LogP contribution is -2.38. The van der Waals surface area contributed by atoms with Crippen LogP contribution >= 0.6 is 11.6 Å². The van der Waals surface area contributed by atoms with Gasteiger partial charge < -0.3 is 5.32 Å². The van der Waals surface area contributed by atoms with E-state index in [1.807, 2.05) is 0 Å². The van der Waals surface area contributed by atoms with Crippen LogP contribution in [-0.4, -0.2) is 21.7 Å². The minimum Gasteiger partial charge on any atom is -0.349 e. The van der Waals surface area contributed by atoms with Gasteiger partial charge in [0.1, 0.15) is 0 Å². The van der Waals surface area contributed by atoms with Crippen molar-refractivity contribution in [2.24, 2.45) is 5.92 Å². The lowest BCUT2D eigenvalue weighted by Gasteiger charge is -2.29. The number of amides is 1. The van der Waals surface area contributed by atoms with Crippen LogP contribution < -0.4 is 5.32 Å². The zero-order valence-corrected chi connectivity index (χ0v) is 17.6. The molecule has 1 N–H and O–H groups in total. The van der Waals surface area contributed by atoms with E-state index in [1.54, 1.807) is 0 Å². The van der Waals surface area contributed by atoms with E-state index in [2.05, 4.69) is 16.9 Å². The highest BCUT2D eigenvalue weighted by molar-refractivity contribution is 6.33. The Morgan fingerprint density at radius 3 is 2.63 bits per heavy atom. The van der Waals surface area contributed by atoms with E-state index in [1.165, 1.54) is 23.4 Å². The molecule has 2 aliphatic rings. The van der Waals surface area contributed by atoms with Gasteiger partial charge in [0, 0.05) is 18.3 Å². The first-order valence-corrected chi connectivity index (χ1v) is 10.8. The van der Waals surface area contributed by atoms with Gasteiger partial charge in [-0.05, 0) is 81.5 Å². The van der Waals surface area contributed by atoms with Crippen LogP contribution in [0.2, 0.25) is 5.02 Å². The van der Waals surface area contributed by atoms with Gasteiger partial charge in [-0.25, -0.2) is 0 Å². The summed E-state index contributed by atoms with van der Waals surface area (Å²) in [4.78, 5) is 12.5. The molecule has 2 aliphatic carbocycles. The third-order valence-corrected chi connectivity index (χ3v) is 6.74. The third kappa shape index (κ3) is 4.36. The second-order valence-electron chi connectivity index (χ2n) is 8.43. The quantitative estimate of drug-likeness (QED) is 0.698. The van der Waals surface area contributed by atoms with Gasteiger partial charge in [-0.15, -0.1) is 0 Å². The van der Waals surface area contributed by atoms with E-state index in [-0.39, 0.29) is 16.6 Å². The standard InChI is InChI=1S/C22H25ClF3N3O/c1-13-17-3-2-4-20(17)28-29(13)12-14-5-8-16(9-6-14)27-21(30)18-11-15(22(24,25)26)7-10-19(18)23/h7,10-11,14,16H,2-6,8-9,12H2,1H3,(H,27,30). The fourth-order valence-corrected chi connectivity index (χ4v) is 4.86. The molecule has 30 heavy (non-hydrogen) atoms. The normalized spacial score (nSPS) is 21.5. The number of hydrogen-bond acceptors (Lipinski definition) is 2. The van der Waals surface area contributed by atoms with Crippen molar-refractivity contribution in [1.29, 1.82) is 0 Å². The second kappa shape index (κ2) is 8.25. The topological polar surface area (TPSA) is 46.9 Å². The average Bonchev–Trinajstić information content (AvgIpc) is 3.26. The number of aromatic nitrogens is 2. The Balaban J connectivity index is 1.33.